The molecule has 0 N–H and O–H groups in total. The van der Waals surface area contributed by atoms with Gasteiger partial charge in [-0.05, 0) is 18.6 Å². The molecule has 0 aliphatic rings. The zero-order valence-electron chi connectivity index (χ0n) is 6.83. The van der Waals surface area contributed by atoms with Gasteiger partial charge in [-0.3, -0.25) is 0 Å². The van der Waals surface area contributed by atoms with E-state index in [0.717, 1.165) is 11.3 Å². The average Bonchev–Trinajstić information content (AvgIpc) is 2.09. The van der Waals surface area contributed by atoms with Crippen molar-refractivity contribution in [2.45, 2.75) is 6.92 Å². The van der Waals surface area contributed by atoms with Crippen molar-refractivity contribution >= 4 is 23.0 Å². The number of halogens is 1. The third-order valence-electron chi connectivity index (χ3n) is 1.51. The lowest BCUT2D eigenvalue weighted by molar-refractivity contribution is -0.0473. The molecule has 0 aliphatic carbocycles. The van der Waals surface area contributed by atoms with Crippen molar-refractivity contribution < 1.29 is 12.8 Å². The highest BCUT2D eigenvalue weighted by atomic mass is 127. The number of hydrogen-bond donors (Lipinski definition) is 0. The van der Waals surface area contributed by atoms with Crippen molar-refractivity contribution in [3.63, 3.8) is 0 Å². The molecule has 0 fully saturated rings. The molecule has 0 atom stereocenters. The van der Waals surface area contributed by atoms with Crippen LogP contribution in [0.2, 0.25) is 0 Å². The molecule has 0 unspecified atom stereocenters. The van der Waals surface area contributed by atoms with E-state index in [1.807, 2.05) is 19.1 Å². The van der Waals surface area contributed by atoms with Crippen molar-refractivity contribution in [1.29, 1.82) is 0 Å². The highest BCUT2D eigenvalue weighted by Crippen LogP contribution is 2.24. The number of aryl methyl sites for hydroxylation is 1. The Balaban J connectivity index is 2.89. The summed E-state index contributed by atoms with van der Waals surface area (Å²) < 4.78 is 9.58. The topological polar surface area (TPSA) is 27.7 Å². The molecule has 0 amide bonds. The number of rotatable bonds is 3. The Morgan fingerprint density at radius 2 is 2.08 bits per heavy atom. The van der Waals surface area contributed by atoms with Gasteiger partial charge in [0, 0.05) is 6.07 Å². The van der Waals surface area contributed by atoms with E-state index in [0.29, 0.717) is 5.75 Å². The second-order valence-corrected chi connectivity index (χ2v) is 2.64. The average molecular weight is 280 g/mol. The molecule has 0 bridgehead atoms. The third kappa shape index (κ3) is 2.25. The lowest BCUT2D eigenvalue weighted by Crippen LogP contribution is -1.90. The molecule has 12 heavy (non-hydrogen) atoms. The van der Waals surface area contributed by atoms with E-state index >= 15 is 0 Å². The highest BCUT2D eigenvalue weighted by Gasteiger charge is 2.00. The predicted molar refractivity (Wildman–Crippen MR) is 53.5 cm³/mol. The van der Waals surface area contributed by atoms with E-state index in [2.05, 4.69) is 3.22 Å². The lowest BCUT2D eigenvalue weighted by Gasteiger charge is -2.05. The molecule has 0 spiro atoms. The molecule has 0 aliphatic heterocycles. The van der Waals surface area contributed by atoms with E-state index in [-0.39, 0.29) is 0 Å². The summed E-state index contributed by atoms with van der Waals surface area (Å²) in [6.07, 6.45) is 0. The van der Waals surface area contributed by atoms with Crippen LogP contribution in [0.25, 0.3) is 0 Å². The monoisotopic (exact) mass is 280 g/mol. The second-order valence-electron chi connectivity index (χ2n) is 2.28. The van der Waals surface area contributed by atoms with Crippen LogP contribution in [0.5, 0.6) is 11.5 Å². The van der Waals surface area contributed by atoms with E-state index in [9.17, 15) is 0 Å². The Morgan fingerprint density at radius 1 is 1.33 bits per heavy atom. The molecule has 4 heteroatoms. The van der Waals surface area contributed by atoms with E-state index in [1.165, 1.54) is 0 Å². The van der Waals surface area contributed by atoms with Gasteiger partial charge in [0.1, 0.15) is 5.75 Å². The van der Waals surface area contributed by atoms with Crippen LogP contribution in [0.4, 0.5) is 0 Å². The van der Waals surface area contributed by atoms with Crippen LogP contribution in [-0.2, 0) is 3.22 Å². The highest BCUT2D eigenvalue weighted by molar-refractivity contribution is 14.1. The zero-order valence-corrected chi connectivity index (χ0v) is 8.99. The largest absolute Gasteiger partial charge is 0.496 e. The molecule has 0 heterocycles. The summed E-state index contributed by atoms with van der Waals surface area (Å²) in [5, 5.41) is 0. The number of benzene rings is 1. The van der Waals surface area contributed by atoms with Crippen LogP contribution in [-0.4, -0.2) is 7.11 Å². The van der Waals surface area contributed by atoms with Crippen molar-refractivity contribution in [3.05, 3.63) is 23.8 Å². The fourth-order valence-electron chi connectivity index (χ4n) is 0.889. The van der Waals surface area contributed by atoms with E-state index in [4.69, 9.17) is 9.62 Å². The molecule has 0 radical (unpaired) electrons. The summed E-state index contributed by atoms with van der Waals surface area (Å²) in [6, 6.07) is 5.49. The van der Waals surface area contributed by atoms with Crippen LogP contribution in [0.15, 0.2) is 18.2 Å². The molecule has 1 rings (SSSR count). The minimum Gasteiger partial charge on any atom is -0.496 e. The van der Waals surface area contributed by atoms with Crippen molar-refractivity contribution in [1.82, 2.24) is 0 Å². The molecule has 1 aromatic rings. The standard InChI is InChI=1S/C8H9IO3/c1-6-3-4-7(11-12-9)5-8(6)10-2/h3-5H,1-2H3. The normalized spacial score (nSPS) is 9.58. The maximum Gasteiger partial charge on any atom is 0.170 e. The van der Waals surface area contributed by atoms with E-state index < -0.39 is 0 Å². The molecule has 0 saturated carbocycles. The van der Waals surface area contributed by atoms with Gasteiger partial charge in [0.15, 0.2) is 28.8 Å². The second kappa shape index (κ2) is 4.51. The summed E-state index contributed by atoms with van der Waals surface area (Å²) in [5.74, 6) is 1.42. The lowest BCUT2D eigenvalue weighted by atomic mass is 10.2. The summed E-state index contributed by atoms with van der Waals surface area (Å²) in [5.41, 5.74) is 1.07. The van der Waals surface area contributed by atoms with Gasteiger partial charge >= 0.3 is 0 Å². The van der Waals surface area contributed by atoms with Gasteiger partial charge in [-0.15, -0.1) is 3.22 Å². The Morgan fingerprint density at radius 3 is 2.67 bits per heavy atom. The molecular weight excluding hydrogens is 271 g/mol. The van der Waals surface area contributed by atoms with Crippen molar-refractivity contribution in [3.8, 4) is 11.5 Å². The minimum absolute atomic E-state index is 0.631. The van der Waals surface area contributed by atoms with Gasteiger partial charge < -0.3 is 9.62 Å². The Labute approximate surface area is 85.2 Å². The van der Waals surface area contributed by atoms with Crippen LogP contribution in [0, 0.1) is 6.92 Å². The number of ether oxygens (including phenoxy) is 1. The fraction of sp³-hybridized carbons (Fsp3) is 0.250. The van der Waals surface area contributed by atoms with E-state index in [1.54, 1.807) is 36.2 Å². The van der Waals surface area contributed by atoms with Crippen LogP contribution in [0.1, 0.15) is 5.56 Å². The Kier molecular flexibility index (Phi) is 3.61. The van der Waals surface area contributed by atoms with Gasteiger partial charge in [-0.2, -0.15) is 0 Å². The number of hydrogen-bond acceptors (Lipinski definition) is 3. The first kappa shape index (κ1) is 9.60. The maximum absolute atomic E-state index is 5.09. The van der Waals surface area contributed by atoms with Gasteiger partial charge in [0.25, 0.3) is 0 Å². The van der Waals surface area contributed by atoms with Gasteiger partial charge in [0.2, 0.25) is 0 Å². The Hall–Kier alpha value is -0.490. The van der Waals surface area contributed by atoms with Gasteiger partial charge in [-0.25, -0.2) is 0 Å². The smallest absolute Gasteiger partial charge is 0.170 e. The summed E-state index contributed by atoms with van der Waals surface area (Å²) >= 11 is 1.66. The summed E-state index contributed by atoms with van der Waals surface area (Å²) in [7, 11) is 1.62. The maximum atomic E-state index is 5.09. The molecular formula is C8H9IO3. The van der Waals surface area contributed by atoms with Gasteiger partial charge in [-0.1, -0.05) is 6.07 Å². The third-order valence-corrected chi connectivity index (χ3v) is 1.69. The summed E-state index contributed by atoms with van der Waals surface area (Å²) in [4.78, 5) is 4.81. The first-order valence-electron chi connectivity index (χ1n) is 3.38. The molecule has 66 valence electrons. The van der Waals surface area contributed by atoms with Crippen LogP contribution >= 0.6 is 23.0 Å². The quantitative estimate of drug-likeness (QED) is 0.484. The van der Waals surface area contributed by atoms with Gasteiger partial charge in [0.05, 0.1) is 7.11 Å². The molecule has 0 aromatic heterocycles. The fourth-order valence-corrected chi connectivity index (χ4v) is 1.10. The summed E-state index contributed by atoms with van der Waals surface area (Å²) in [6.45, 7) is 1.97. The van der Waals surface area contributed by atoms with Crippen molar-refractivity contribution in [2.75, 3.05) is 7.11 Å². The van der Waals surface area contributed by atoms with Crippen molar-refractivity contribution in [2.24, 2.45) is 0 Å². The predicted octanol–water partition coefficient (Wildman–Crippen LogP) is 2.66. The zero-order chi connectivity index (χ0) is 8.97. The first-order chi connectivity index (χ1) is 5.77. The van der Waals surface area contributed by atoms with Crippen LogP contribution < -0.4 is 9.62 Å². The number of methoxy groups -OCH3 is 1. The Bertz CT molecular complexity index is 262. The molecule has 3 nitrogen and oxygen atoms in total. The van der Waals surface area contributed by atoms with Crippen LogP contribution in [0.3, 0.4) is 0 Å². The molecule has 1 aromatic carbocycles. The SMILES string of the molecule is COc1cc(OOI)ccc1C. The molecule has 0 saturated heterocycles. The minimum atomic E-state index is 0.631. The first-order valence-corrected chi connectivity index (χ1v) is 4.26.